The first-order valence-electron chi connectivity index (χ1n) is 5.81. The minimum atomic E-state index is -0.629. The van der Waals surface area contributed by atoms with Crippen molar-refractivity contribution in [1.29, 1.82) is 0 Å². The fourth-order valence-electron chi connectivity index (χ4n) is 1.30. The number of hydrazone groups is 1. The highest BCUT2D eigenvalue weighted by molar-refractivity contribution is 6.30. The van der Waals surface area contributed by atoms with E-state index in [1.165, 1.54) is 6.21 Å². The summed E-state index contributed by atoms with van der Waals surface area (Å²) in [4.78, 5) is 11.2. The lowest BCUT2D eigenvalue weighted by Crippen LogP contribution is -2.37. The minimum Gasteiger partial charge on any atom is -0.395 e. The van der Waals surface area contributed by atoms with Crippen molar-refractivity contribution in [3.63, 3.8) is 0 Å². The molecule has 19 heavy (non-hydrogen) atoms. The Kier molecular flexibility index (Phi) is 6.88. The fraction of sp³-hybridized carbons (Fsp3) is 0.333. The van der Waals surface area contributed by atoms with E-state index in [9.17, 15) is 4.79 Å². The number of hydrogen-bond donors (Lipinski definition) is 3. The van der Waals surface area contributed by atoms with Gasteiger partial charge in [-0.05, 0) is 17.7 Å². The smallest absolute Gasteiger partial charge is 0.335 e. The average molecular weight is 285 g/mol. The Bertz CT molecular complexity index is 422. The van der Waals surface area contributed by atoms with E-state index >= 15 is 0 Å². The minimum absolute atomic E-state index is 0.0462. The number of carbonyl (C=O) groups is 1. The van der Waals surface area contributed by atoms with Crippen LogP contribution in [0.15, 0.2) is 29.4 Å². The number of carbonyl (C=O) groups excluding carboxylic acids is 1. The molecule has 0 radical (unpaired) electrons. The summed E-state index contributed by atoms with van der Waals surface area (Å²) in [6.45, 7) is 1.35. The number of primary amides is 1. The number of halogens is 1. The van der Waals surface area contributed by atoms with Crippen LogP contribution in [0.1, 0.15) is 5.56 Å². The van der Waals surface area contributed by atoms with Crippen LogP contribution in [0.25, 0.3) is 0 Å². The lowest BCUT2D eigenvalue weighted by Gasteiger charge is -2.14. The number of rotatable bonds is 7. The third kappa shape index (κ3) is 6.19. The average Bonchev–Trinajstić information content (AvgIpc) is 2.39. The van der Waals surface area contributed by atoms with Crippen LogP contribution in [0, 0.1) is 0 Å². The normalized spacial score (nSPS) is 10.8. The predicted molar refractivity (Wildman–Crippen MR) is 75.3 cm³/mol. The number of amides is 2. The van der Waals surface area contributed by atoms with Crippen LogP contribution in [0.3, 0.4) is 0 Å². The second-order valence-electron chi connectivity index (χ2n) is 3.73. The topological polar surface area (TPSA) is 91.0 Å². The monoisotopic (exact) mass is 284 g/mol. The molecule has 0 aromatic heterocycles. The van der Waals surface area contributed by atoms with Crippen molar-refractivity contribution in [3.05, 3.63) is 34.9 Å². The molecule has 1 aromatic rings. The highest BCUT2D eigenvalue weighted by Crippen LogP contribution is 2.08. The maximum atomic E-state index is 11.2. The summed E-state index contributed by atoms with van der Waals surface area (Å²) in [5.74, 6) is 0. The Morgan fingerprint density at radius 1 is 1.42 bits per heavy atom. The summed E-state index contributed by atoms with van der Waals surface area (Å²) < 4.78 is 0. The number of nitrogens with zero attached hydrogens (tertiary/aromatic N) is 2. The molecular weight excluding hydrogens is 268 g/mol. The van der Waals surface area contributed by atoms with E-state index in [-0.39, 0.29) is 6.61 Å². The molecule has 7 heteroatoms. The summed E-state index contributed by atoms with van der Waals surface area (Å²) in [7, 11) is 0. The summed E-state index contributed by atoms with van der Waals surface area (Å²) in [5.41, 5.74) is 6.03. The number of hydrogen-bond acceptors (Lipinski definition) is 4. The molecule has 0 saturated heterocycles. The molecule has 0 bridgehead atoms. The molecule has 0 atom stereocenters. The molecule has 104 valence electrons. The maximum absolute atomic E-state index is 11.2. The summed E-state index contributed by atoms with van der Waals surface area (Å²) in [5, 5.41) is 17.3. The molecule has 2 amide bonds. The number of nitrogens with one attached hydrogen (secondary N) is 1. The Morgan fingerprint density at radius 2 is 2.11 bits per heavy atom. The zero-order chi connectivity index (χ0) is 14.1. The van der Waals surface area contributed by atoms with Crippen LogP contribution in [0.4, 0.5) is 4.79 Å². The lowest BCUT2D eigenvalue weighted by molar-refractivity contribution is 0.209. The van der Waals surface area contributed by atoms with Crippen LogP contribution < -0.4 is 11.1 Å². The zero-order valence-electron chi connectivity index (χ0n) is 10.4. The van der Waals surface area contributed by atoms with E-state index in [1.807, 2.05) is 0 Å². The third-order valence-corrected chi connectivity index (χ3v) is 2.51. The molecule has 0 aliphatic carbocycles. The number of aliphatic hydroxyl groups is 1. The molecule has 1 rings (SSSR count). The number of benzene rings is 1. The first-order valence-corrected chi connectivity index (χ1v) is 6.19. The maximum Gasteiger partial charge on any atom is 0.335 e. The molecule has 0 unspecified atom stereocenters. The zero-order valence-corrected chi connectivity index (χ0v) is 11.2. The third-order valence-electron chi connectivity index (χ3n) is 2.26. The largest absolute Gasteiger partial charge is 0.395 e. The van der Waals surface area contributed by atoms with Gasteiger partial charge in [0.25, 0.3) is 0 Å². The first-order chi connectivity index (χ1) is 9.13. The molecule has 0 saturated carbocycles. The van der Waals surface area contributed by atoms with Crippen LogP contribution in [0.5, 0.6) is 0 Å². The lowest BCUT2D eigenvalue weighted by atomic mass is 10.2. The SMILES string of the molecule is NC(=O)N(CCNCCO)/N=C/c1ccc(Cl)cc1. The van der Waals surface area contributed by atoms with E-state index in [4.69, 9.17) is 22.4 Å². The fourth-order valence-corrected chi connectivity index (χ4v) is 1.43. The number of urea groups is 1. The van der Waals surface area contributed by atoms with E-state index < -0.39 is 6.03 Å². The predicted octanol–water partition coefficient (Wildman–Crippen LogP) is 0.637. The molecule has 0 heterocycles. The van der Waals surface area contributed by atoms with Crippen LogP contribution in [-0.2, 0) is 0 Å². The van der Waals surface area contributed by atoms with Gasteiger partial charge in [-0.25, -0.2) is 9.80 Å². The van der Waals surface area contributed by atoms with Crippen molar-refractivity contribution in [2.45, 2.75) is 0 Å². The van der Waals surface area contributed by atoms with Crippen molar-refractivity contribution in [3.8, 4) is 0 Å². The molecule has 0 aliphatic heterocycles. The van der Waals surface area contributed by atoms with E-state index in [0.717, 1.165) is 10.6 Å². The van der Waals surface area contributed by atoms with E-state index in [1.54, 1.807) is 24.3 Å². The second kappa shape index (κ2) is 8.47. The van der Waals surface area contributed by atoms with Gasteiger partial charge in [0.05, 0.1) is 19.4 Å². The quantitative estimate of drug-likeness (QED) is 0.390. The van der Waals surface area contributed by atoms with E-state index in [0.29, 0.717) is 24.7 Å². The van der Waals surface area contributed by atoms with Gasteiger partial charge < -0.3 is 16.2 Å². The van der Waals surface area contributed by atoms with Crippen LogP contribution >= 0.6 is 11.6 Å². The van der Waals surface area contributed by atoms with Gasteiger partial charge in [0.1, 0.15) is 0 Å². The first kappa shape index (κ1) is 15.4. The molecule has 0 aliphatic rings. The van der Waals surface area contributed by atoms with Crippen molar-refractivity contribution in [2.75, 3.05) is 26.2 Å². The van der Waals surface area contributed by atoms with Crippen molar-refractivity contribution >= 4 is 23.8 Å². The van der Waals surface area contributed by atoms with Crippen molar-refractivity contribution in [1.82, 2.24) is 10.3 Å². The Hall–Kier alpha value is -1.63. The molecule has 0 fully saturated rings. The Morgan fingerprint density at radius 3 is 2.68 bits per heavy atom. The van der Waals surface area contributed by atoms with Crippen molar-refractivity contribution < 1.29 is 9.90 Å². The van der Waals surface area contributed by atoms with E-state index in [2.05, 4.69) is 10.4 Å². The van der Waals surface area contributed by atoms with Gasteiger partial charge in [0.15, 0.2) is 0 Å². The van der Waals surface area contributed by atoms with Gasteiger partial charge in [-0.2, -0.15) is 5.10 Å². The van der Waals surface area contributed by atoms with Gasteiger partial charge in [-0.15, -0.1) is 0 Å². The van der Waals surface area contributed by atoms with Gasteiger partial charge in [0.2, 0.25) is 0 Å². The summed E-state index contributed by atoms with van der Waals surface area (Å²) >= 11 is 5.77. The highest BCUT2D eigenvalue weighted by atomic mass is 35.5. The molecule has 4 N–H and O–H groups in total. The van der Waals surface area contributed by atoms with Gasteiger partial charge >= 0.3 is 6.03 Å². The highest BCUT2D eigenvalue weighted by Gasteiger charge is 2.06. The second-order valence-corrected chi connectivity index (χ2v) is 4.17. The molecular formula is C12H17ClN4O2. The standard InChI is InChI=1S/C12H17ClN4O2/c13-11-3-1-10(2-4-11)9-16-17(12(14)19)7-5-15-6-8-18/h1-4,9,15,18H,5-8H2,(H2,14,19)/b16-9+. The van der Waals surface area contributed by atoms with Crippen molar-refractivity contribution in [2.24, 2.45) is 10.8 Å². The summed E-state index contributed by atoms with van der Waals surface area (Å²) in [6, 6.07) is 6.42. The molecule has 0 spiro atoms. The summed E-state index contributed by atoms with van der Waals surface area (Å²) in [6.07, 6.45) is 1.53. The van der Waals surface area contributed by atoms with Gasteiger partial charge in [-0.1, -0.05) is 23.7 Å². The molecule has 6 nitrogen and oxygen atoms in total. The van der Waals surface area contributed by atoms with Crippen LogP contribution in [-0.4, -0.2) is 48.6 Å². The Balaban J connectivity index is 2.52. The van der Waals surface area contributed by atoms with Crippen LogP contribution in [0.2, 0.25) is 5.02 Å². The van der Waals surface area contributed by atoms with Gasteiger partial charge in [0, 0.05) is 18.1 Å². The Labute approximate surface area is 116 Å². The number of aliphatic hydroxyl groups excluding tert-OH is 1. The number of nitrogens with two attached hydrogens (primary N) is 1. The molecule has 1 aromatic carbocycles. The van der Waals surface area contributed by atoms with Gasteiger partial charge in [-0.3, -0.25) is 0 Å².